The van der Waals surface area contributed by atoms with E-state index in [9.17, 15) is 18.0 Å². The molecule has 1 saturated heterocycles. The Kier molecular flexibility index (Phi) is 7.10. The van der Waals surface area contributed by atoms with Crippen molar-refractivity contribution in [1.29, 1.82) is 0 Å². The highest BCUT2D eigenvalue weighted by molar-refractivity contribution is 5.95. The summed E-state index contributed by atoms with van der Waals surface area (Å²) in [6, 6.07) is 15.6. The van der Waals surface area contributed by atoms with E-state index in [1.807, 2.05) is 6.07 Å². The number of aromatic nitrogens is 3. The van der Waals surface area contributed by atoms with Gasteiger partial charge >= 0.3 is 6.18 Å². The normalized spacial score (nSPS) is 15.1. The number of anilines is 1. The van der Waals surface area contributed by atoms with Crippen LogP contribution < -0.4 is 16.0 Å². The van der Waals surface area contributed by atoms with Crippen molar-refractivity contribution >= 4 is 11.6 Å². The number of pyridine rings is 1. The van der Waals surface area contributed by atoms with Crippen molar-refractivity contribution in [1.82, 2.24) is 25.8 Å². The van der Waals surface area contributed by atoms with Crippen LogP contribution in [-0.2, 0) is 18.3 Å². The van der Waals surface area contributed by atoms with E-state index >= 15 is 0 Å². The first-order valence-corrected chi connectivity index (χ1v) is 12.1. The van der Waals surface area contributed by atoms with E-state index in [2.05, 4.69) is 31.1 Å². The first-order valence-electron chi connectivity index (χ1n) is 12.1. The summed E-state index contributed by atoms with van der Waals surface area (Å²) in [5.41, 5.74) is 0.288. The van der Waals surface area contributed by atoms with E-state index in [-0.39, 0.29) is 12.1 Å². The van der Waals surface area contributed by atoms with E-state index in [0.29, 0.717) is 35.9 Å². The molecule has 2 aromatic heterocycles. The number of amides is 1. The lowest BCUT2D eigenvalue weighted by Gasteiger charge is -2.36. The van der Waals surface area contributed by atoms with Gasteiger partial charge in [-0.15, -0.1) is 10.2 Å². The Balaban J connectivity index is 1.34. The van der Waals surface area contributed by atoms with Gasteiger partial charge in [0.1, 0.15) is 5.54 Å². The Hall–Kier alpha value is -4.25. The summed E-state index contributed by atoms with van der Waals surface area (Å²) < 4.78 is 46.0. The van der Waals surface area contributed by atoms with Gasteiger partial charge in [0.05, 0.1) is 5.56 Å². The molecule has 3 N–H and O–H groups in total. The molecule has 11 heteroatoms. The van der Waals surface area contributed by atoms with Crippen LogP contribution in [-0.4, -0.2) is 34.2 Å². The third-order valence-corrected chi connectivity index (χ3v) is 6.49. The Morgan fingerprint density at radius 2 is 1.76 bits per heavy atom. The van der Waals surface area contributed by atoms with Crippen molar-refractivity contribution in [3.63, 3.8) is 0 Å². The molecule has 0 unspecified atom stereocenters. The fourth-order valence-corrected chi connectivity index (χ4v) is 4.52. The topological polar surface area (TPSA) is 105 Å². The molecule has 1 fully saturated rings. The highest BCUT2D eigenvalue weighted by atomic mass is 19.4. The lowest BCUT2D eigenvalue weighted by atomic mass is 9.87. The number of alkyl halides is 3. The van der Waals surface area contributed by atoms with Gasteiger partial charge in [0, 0.05) is 35.8 Å². The zero-order chi connectivity index (χ0) is 26.6. The first kappa shape index (κ1) is 25.4. The number of carbonyl (C=O) groups is 1. The van der Waals surface area contributed by atoms with Crippen LogP contribution in [0.25, 0.3) is 11.5 Å². The highest BCUT2D eigenvalue weighted by Crippen LogP contribution is 2.36. The Morgan fingerprint density at radius 3 is 2.53 bits per heavy atom. The number of hydrogen-bond acceptors (Lipinski definition) is 7. The predicted molar refractivity (Wildman–Crippen MR) is 134 cm³/mol. The monoisotopic (exact) mass is 522 g/mol. The van der Waals surface area contributed by atoms with Crippen LogP contribution in [0.3, 0.4) is 0 Å². The van der Waals surface area contributed by atoms with Crippen molar-refractivity contribution in [2.75, 3.05) is 18.4 Å². The number of nitrogens with zero attached hydrogens (tertiary/aromatic N) is 3. The maximum absolute atomic E-state index is 13.3. The highest BCUT2D eigenvalue weighted by Gasteiger charge is 2.39. The maximum Gasteiger partial charge on any atom is 0.416 e. The molecule has 5 rings (SSSR count). The third-order valence-electron chi connectivity index (χ3n) is 6.49. The molecule has 0 bridgehead atoms. The Morgan fingerprint density at radius 1 is 1.00 bits per heavy atom. The molecule has 1 aliphatic rings. The Bertz CT molecular complexity index is 1400. The van der Waals surface area contributed by atoms with Crippen LogP contribution in [0.1, 0.15) is 40.2 Å². The summed E-state index contributed by atoms with van der Waals surface area (Å²) in [7, 11) is 0. The number of piperidine rings is 1. The molecular formula is C27H25F3N6O2. The standard InChI is InChI=1S/C27H25F3N6O2/c28-27(29,30)22-7-2-1-4-20(22)17-33-23(37)19-5-3-6-21(16-19)34-26(10-14-32-15-11-26)25-36-35-24(38-25)18-8-12-31-13-9-18/h1-9,12-13,16,32,34H,10-11,14-15,17H2,(H,33,37). The second kappa shape index (κ2) is 10.6. The smallest absolute Gasteiger partial charge is 0.416 e. The van der Waals surface area contributed by atoms with Gasteiger partial charge in [-0.05, 0) is 67.9 Å². The summed E-state index contributed by atoms with van der Waals surface area (Å²) >= 11 is 0. The number of hydrogen-bond donors (Lipinski definition) is 3. The Labute approximate surface area is 216 Å². The van der Waals surface area contributed by atoms with Gasteiger partial charge < -0.3 is 20.4 Å². The lowest BCUT2D eigenvalue weighted by Crippen LogP contribution is -2.45. The van der Waals surface area contributed by atoms with Crippen LogP contribution in [0.4, 0.5) is 18.9 Å². The van der Waals surface area contributed by atoms with Crippen molar-refractivity contribution in [3.8, 4) is 11.5 Å². The first-order chi connectivity index (χ1) is 18.3. The van der Waals surface area contributed by atoms with E-state index in [0.717, 1.165) is 24.7 Å². The summed E-state index contributed by atoms with van der Waals surface area (Å²) in [5, 5.41) is 18.0. The van der Waals surface area contributed by atoms with Gasteiger partial charge in [-0.2, -0.15) is 13.2 Å². The molecule has 196 valence electrons. The molecule has 4 aromatic rings. The molecular weight excluding hydrogens is 497 g/mol. The average molecular weight is 523 g/mol. The van der Waals surface area contributed by atoms with Crippen LogP contribution in [0.5, 0.6) is 0 Å². The second-order valence-corrected chi connectivity index (χ2v) is 9.02. The van der Waals surface area contributed by atoms with Crippen LogP contribution in [0.2, 0.25) is 0 Å². The SMILES string of the molecule is O=C(NCc1ccccc1C(F)(F)F)c1cccc(NC2(c3nnc(-c4ccncc4)o3)CCNCC2)c1. The van der Waals surface area contributed by atoms with Gasteiger partial charge in [-0.3, -0.25) is 9.78 Å². The second-order valence-electron chi connectivity index (χ2n) is 9.02. The minimum atomic E-state index is -4.50. The van der Waals surface area contributed by atoms with Gasteiger partial charge in [-0.1, -0.05) is 24.3 Å². The zero-order valence-electron chi connectivity index (χ0n) is 20.3. The predicted octanol–water partition coefficient (Wildman–Crippen LogP) is 4.77. The van der Waals surface area contributed by atoms with E-state index in [1.54, 1.807) is 42.7 Å². The molecule has 38 heavy (non-hydrogen) atoms. The largest absolute Gasteiger partial charge is 0.418 e. The molecule has 0 radical (unpaired) electrons. The van der Waals surface area contributed by atoms with Crippen molar-refractivity contribution in [2.45, 2.75) is 31.1 Å². The fraction of sp³-hybridized carbons (Fsp3) is 0.259. The molecule has 3 heterocycles. The number of carbonyl (C=O) groups excluding carboxylic acids is 1. The van der Waals surface area contributed by atoms with Gasteiger partial charge in [0.15, 0.2) is 0 Å². The summed E-state index contributed by atoms with van der Waals surface area (Å²) in [6.07, 6.45) is 0.123. The number of nitrogens with one attached hydrogen (secondary N) is 3. The summed E-state index contributed by atoms with van der Waals surface area (Å²) in [6.45, 7) is 1.19. The third kappa shape index (κ3) is 5.52. The fourth-order valence-electron chi connectivity index (χ4n) is 4.52. The van der Waals surface area contributed by atoms with Crippen molar-refractivity contribution in [2.24, 2.45) is 0 Å². The minimum Gasteiger partial charge on any atom is -0.418 e. The molecule has 2 aromatic carbocycles. The molecule has 0 spiro atoms. The number of benzene rings is 2. The molecule has 0 aliphatic carbocycles. The van der Waals surface area contributed by atoms with Crippen LogP contribution in [0.15, 0.2) is 77.5 Å². The van der Waals surface area contributed by atoms with Crippen molar-refractivity contribution < 1.29 is 22.4 Å². The maximum atomic E-state index is 13.3. The van der Waals surface area contributed by atoms with Gasteiger partial charge in [0.2, 0.25) is 11.8 Å². The molecule has 0 saturated carbocycles. The van der Waals surface area contributed by atoms with Crippen molar-refractivity contribution in [3.05, 3.63) is 95.6 Å². The molecule has 8 nitrogen and oxygen atoms in total. The quantitative estimate of drug-likeness (QED) is 0.321. The molecule has 1 amide bonds. The zero-order valence-corrected chi connectivity index (χ0v) is 20.3. The van der Waals surface area contributed by atoms with Gasteiger partial charge in [-0.25, -0.2) is 0 Å². The lowest BCUT2D eigenvalue weighted by molar-refractivity contribution is -0.138. The van der Waals surface area contributed by atoms with Crippen LogP contribution in [0, 0.1) is 0 Å². The van der Waals surface area contributed by atoms with E-state index in [1.165, 1.54) is 18.2 Å². The number of halogens is 3. The summed E-state index contributed by atoms with van der Waals surface area (Å²) in [4.78, 5) is 16.9. The molecule has 1 aliphatic heterocycles. The van der Waals surface area contributed by atoms with E-state index in [4.69, 9.17) is 4.42 Å². The minimum absolute atomic E-state index is 0.00215. The number of rotatable bonds is 7. The molecule has 0 atom stereocenters. The average Bonchev–Trinajstić information content (AvgIpc) is 3.44. The van der Waals surface area contributed by atoms with Gasteiger partial charge in [0.25, 0.3) is 5.91 Å². The van der Waals surface area contributed by atoms with E-state index < -0.39 is 23.2 Å². The van der Waals surface area contributed by atoms with Crippen LogP contribution >= 0.6 is 0 Å². The summed E-state index contributed by atoms with van der Waals surface area (Å²) in [5.74, 6) is 0.335.